The maximum atomic E-state index is 12.1. The number of amides is 1. The second-order valence-electron chi connectivity index (χ2n) is 5.79. The molecular weight excluding hydrogens is 387 g/mol. The quantitative estimate of drug-likeness (QED) is 0.513. The number of rotatable bonds is 4. The summed E-state index contributed by atoms with van der Waals surface area (Å²) in [6.07, 6.45) is 3.13. The van der Waals surface area contributed by atoms with Crippen molar-refractivity contribution in [2.24, 2.45) is 0 Å². The van der Waals surface area contributed by atoms with Gasteiger partial charge in [0.05, 0.1) is 15.7 Å². The lowest BCUT2D eigenvalue weighted by atomic mass is 10.1. The zero-order valence-electron chi connectivity index (χ0n) is 14.2. The Morgan fingerprint density at radius 2 is 1.81 bits per heavy atom. The van der Waals surface area contributed by atoms with Crippen molar-refractivity contribution in [2.45, 2.75) is 13.8 Å². The first kappa shape index (κ1) is 18.6. The Hall–Kier alpha value is -2.14. The van der Waals surface area contributed by atoms with Gasteiger partial charge in [-0.05, 0) is 37.6 Å². The normalized spacial score (nSPS) is 11.1. The van der Waals surface area contributed by atoms with E-state index >= 15 is 0 Å². The Bertz CT molecular complexity index is 978. The van der Waals surface area contributed by atoms with Gasteiger partial charge in [0.25, 0.3) is 0 Å². The lowest BCUT2D eigenvalue weighted by molar-refractivity contribution is -0.111. The molecule has 0 fully saturated rings. The van der Waals surface area contributed by atoms with E-state index in [0.29, 0.717) is 15.2 Å². The van der Waals surface area contributed by atoms with E-state index < -0.39 is 0 Å². The van der Waals surface area contributed by atoms with Crippen LogP contribution in [0.2, 0.25) is 10.0 Å². The van der Waals surface area contributed by atoms with Gasteiger partial charge in [0.2, 0.25) is 5.91 Å². The highest BCUT2D eigenvalue weighted by molar-refractivity contribution is 7.16. The van der Waals surface area contributed by atoms with Crippen molar-refractivity contribution >= 4 is 51.7 Å². The van der Waals surface area contributed by atoms with E-state index in [0.717, 1.165) is 21.7 Å². The smallest absolute Gasteiger partial charge is 0.250 e. The fourth-order valence-corrected chi connectivity index (χ4v) is 3.51. The first-order valence-electron chi connectivity index (χ1n) is 7.91. The number of aromatic nitrogens is 1. The molecular formula is C20H16Cl2N2OS. The number of nitrogens with one attached hydrogen (secondary N) is 1. The minimum absolute atomic E-state index is 0.250. The SMILES string of the molecule is Cc1ccc(-c2nc(NC(=O)C=Cc3ccc(Cl)c(Cl)c3)sc2C)cc1. The largest absolute Gasteiger partial charge is 0.298 e. The third kappa shape index (κ3) is 4.52. The fraction of sp³-hybridized carbons (Fsp3) is 0.100. The van der Waals surface area contributed by atoms with Crippen LogP contribution in [0.1, 0.15) is 16.0 Å². The van der Waals surface area contributed by atoms with Gasteiger partial charge in [-0.2, -0.15) is 0 Å². The van der Waals surface area contributed by atoms with Gasteiger partial charge in [0.15, 0.2) is 5.13 Å². The minimum atomic E-state index is -0.250. The first-order valence-corrected chi connectivity index (χ1v) is 9.48. The number of hydrogen-bond donors (Lipinski definition) is 1. The molecule has 1 N–H and O–H groups in total. The van der Waals surface area contributed by atoms with Crippen molar-refractivity contribution in [3.05, 3.63) is 74.6 Å². The predicted octanol–water partition coefficient (Wildman–Crippen LogP) is 6.39. The zero-order valence-corrected chi connectivity index (χ0v) is 16.5. The summed E-state index contributed by atoms with van der Waals surface area (Å²) in [5.41, 5.74) is 3.92. The molecule has 3 nitrogen and oxygen atoms in total. The molecule has 0 unspecified atom stereocenters. The molecule has 26 heavy (non-hydrogen) atoms. The van der Waals surface area contributed by atoms with Crippen LogP contribution in [0.4, 0.5) is 5.13 Å². The molecule has 1 amide bonds. The molecule has 0 radical (unpaired) electrons. The van der Waals surface area contributed by atoms with Crippen LogP contribution in [-0.2, 0) is 4.79 Å². The number of hydrogen-bond acceptors (Lipinski definition) is 3. The molecule has 0 aliphatic carbocycles. The lowest BCUT2D eigenvalue weighted by Crippen LogP contribution is -2.07. The van der Waals surface area contributed by atoms with Crippen LogP contribution < -0.4 is 5.32 Å². The summed E-state index contributed by atoms with van der Waals surface area (Å²) in [5, 5.41) is 4.31. The summed E-state index contributed by atoms with van der Waals surface area (Å²) >= 11 is 13.3. The van der Waals surface area contributed by atoms with Crippen LogP contribution in [0.5, 0.6) is 0 Å². The number of thiazole rings is 1. The molecule has 1 heterocycles. The van der Waals surface area contributed by atoms with Crippen LogP contribution in [0.3, 0.4) is 0 Å². The topological polar surface area (TPSA) is 42.0 Å². The number of benzene rings is 2. The molecule has 0 aliphatic rings. The van der Waals surface area contributed by atoms with E-state index in [2.05, 4.69) is 10.3 Å². The van der Waals surface area contributed by atoms with Gasteiger partial charge in [-0.1, -0.05) is 59.1 Å². The minimum Gasteiger partial charge on any atom is -0.298 e. The van der Waals surface area contributed by atoms with Crippen molar-refractivity contribution in [3.8, 4) is 11.3 Å². The van der Waals surface area contributed by atoms with Crippen molar-refractivity contribution in [3.63, 3.8) is 0 Å². The molecule has 3 rings (SSSR count). The van der Waals surface area contributed by atoms with Crippen LogP contribution >= 0.6 is 34.5 Å². The van der Waals surface area contributed by atoms with E-state index in [1.807, 2.05) is 38.1 Å². The predicted molar refractivity (Wildman–Crippen MR) is 111 cm³/mol. The molecule has 0 aliphatic heterocycles. The monoisotopic (exact) mass is 402 g/mol. The van der Waals surface area contributed by atoms with Gasteiger partial charge >= 0.3 is 0 Å². The number of carbonyl (C=O) groups is 1. The van der Waals surface area contributed by atoms with Crippen LogP contribution in [0, 0.1) is 13.8 Å². The summed E-state index contributed by atoms with van der Waals surface area (Å²) in [4.78, 5) is 17.7. The summed E-state index contributed by atoms with van der Waals surface area (Å²) in [7, 11) is 0. The van der Waals surface area contributed by atoms with Crippen molar-refractivity contribution in [1.29, 1.82) is 0 Å². The Morgan fingerprint density at radius 3 is 2.50 bits per heavy atom. The lowest BCUT2D eigenvalue weighted by Gasteiger charge is -1.99. The fourth-order valence-electron chi connectivity index (χ4n) is 2.36. The van der Waals surface area contributed by atoms with Gasteiger partial charge in [-0.3, -0.25) is 10.1 Å². The average molecular weight is 403 g/mol. The average Bonchev–Trinajstić information content (AvgIpc) is 2.97. The summed E-state index contributed by atoms with van der Waals surface area (Å²) in [6.45, 7) is 4.04. The maximum Gasteiger partial charge on any atom is 0.250 e. The van der Waals surface area contributed by atoms with Crippen molar-refractivity contribution < 1.29 is 4.79 Å². The third-order valence-corrected chi connectivity index (χ3v) is 5.35. The molecule has 0 saturated heterocycles. The highest BCUT2D eigenvalue weighted by Gasteiger charge is 2.11. The van der Waals surface area contributed by atoms with Crippen LogP contribution in [0.25, 0.3) is 17.3 Å². The Kier molecular flexibility index (Phi) is 5.77. The molecule has 132 valence electrons. The zero-order chi connectivity index (χ0) is 18.7. The Morgan fingerprint density at radius 1 is 1.08 bits per heavy atom. The van der Waals surface area contributed by atoms with E-state index in [9.17, 15) is 4.79 Å². The maximum absolute atomic E-state index is 12.1. The van der Waals surface area contributed by atoms with E-state index in [1.165, 1.54) is 23.0 Å². The number of halogens is 2. The van der Waals surface area contributed by atoms with Gasteiger partial charge < -0.3 is 0 Å². The van der Waals surface area contributed by atoms with Crippen molar-refractivity contribution in [1.82, 2.24) is 4.98 Å². The van der Waals surface area contributed by atoms with Gasteiger partial charge in [0, 0.05) is 16.5 Å². The molecule has 0 spiro atoms. The van der Waals surface area contributed by atoms with Crippen LogP contribution in [-0.4, -0.2) is 10.9 Å². The Balaban J connectivity index is 1.71. The Labute approximate surface area is 166 Å². The molecule has 6 heteroatoms. The second kappa shape index (κ2) is 8.04. The number of carbonyl (C=O) groups excluding carboxylic acids is 1. The van der Waals surface area contributed by atoms with E-state index in [1.54, 1.807) is 24.3 Å². The number of anilines is 1. The highest BCUT2D eigenvalue weighted by Crippen LogP contribution is 2.30. The van der Waals surface area contributed by atoms with E-state index in [4.69, 9.17) is 23.2 Å². The van der Waals surface area contributed by atoms with Gasteiger partial charge in [-0.25, -0.2) is 4.98 Å². The standard InChI is InChI=1S/C20H16Cl2N2OS/c1-12-3-7-15(8-4-12)19-13(2)26-20(24-19)23-18(25)10-6-14-5-9-16(21)17(22)11-14/h3-11H,1-2H3,(H,23,24,25). The molecule has 0 atom stereocenters. The second-order valence-corrected chi connectivity index (χ2v) is 7.80. The number of nitrogens with zero attached hydrogens (tertiary/aromatic N) is 1. The third-order valence-electron chi connectivity index (χ3n) is 3.72. The molecule has 0 saturated carbocycles. The summed E-state index contributed by atoms with van der Waals surface area (Å²) < 4.78 is 0. The van der Waals surface area contributed by atoms with Gasteiger partial charge in [0.1, 0.15) is 0 Å². The number of aryl methyl sites for hydroxylation is 2. The summed E-state index contributed by atoms with van der Waals surface area (Å²) in [5.74, 6) is -0.250. The van der Waals surface area contributed by atoms with Gasteiger partial charge in [-0.15, -0.1) is 11.3 Å². The molecule has 3 aromatic rings. The highest BCUT2D eigenvalue weighted by atomic mass is 35.5. The van der Waals surface area contributed by atoms with E-state index in [-0.39, 0.29) is 5.91 Å². The summed E-state index contributed by atoms with van der Waals surface area (Å²) in [6, 6.07) is 13.4. The molecule has 1 aromatic heterocycles. The first-order chi connectivity index (χ1) is 12.4. The molecule has 0 bridgehead atoms. The molecule has 2 aromatic carbocycles. The van der Waals surface area contributed by atoms with Crippen LogP contribution in [0.15, 0.2) is 48.5 Å². The van der Waals surface area contributed by atoms with Crippen molar-refractivity contribution in [2.75, 3.05) is 5.32 Å².